The molecule has 0 unspecified atom stereocenters. The van der Waals surface area contributed by atoms with Gasteiger partial charge in [0, 0.05) is 29.4 Å². The Bertz CT molecular complexity index is 1980. The van der Waals surface area contributed by atoms with Crippen molar-refractivity contribution in [3.8, 4) is 22.9 Å². The summed E-state index contributed by atoms with van der Waals surface area (Å²) in [5.41, 5.74) is 11.7. The summed E-state index contributed by atoms with van der Waals surface area (Å²) in [7, 11) is 0. The summed E-state index contributed by atoms with van der Waals surface area (Å²) in [6.07, 6.45) is 12.7. The van der Waals surface area contributed by atoms with Gasteiger partial charge in [-0.3, -0.25) is 0 Å². The Morgan fingerprint density at radius 1 is 0.816 bits per heavy atom. The van der Waals surface area contributed by atoms with Gasteiger partial charge >= 0.3 is 21.1 Å². The first kappa shape index (κ1) is 32.3. The normalized spacial score (nSPS) is 17.6. The van der Waals surface area contributed by atoms with Crippen molar-refractivity contribution < 1.29 is 25.8 Å². The van der Waals surface area contributed by atoms with Crippen molar-refractivity contribution in [3.63, 3.8) is 0 Å². The molecule has 3 aliphatic carbocycles. The number of pyridine rings is 2. The number of fused-ring (bicyclic) bond motifs is 3. The number of para-hydroxylation sites is 2. The second-order valence-corrected chi connectivity index (χ2v) is 14.7. The van der Waals surface area contributed by atoms with Gasteiger partial charge in [-0.05, 0) is 122 Å². The fourth-order valence-electron chi connectivity index (χ4n) is 8.84. The molecular weight excluding hydrogens is 784 g/mol. The van der Waals surface area contributed by atoms with Crippen LogP contribution < -0.4 is 14.5 Å². The van der Waals surface area contributed by atoms with Crippen molar-refractivity contribution in [2.75, 3.05) is 9.80 Å². The largest absolute Gasteiger partial charge is 2.00 e. The van der Waals surface area contributed by atoms with E-state index in [1.165, 1.54) is 65.6 Å². The van der Waals surface area contributed by atoms with E-state index in [-0.39, 0.29) is 26.5 Å². The molecule has 0 atom stereocenters. The van der Waals surface area contributed by atoms with Gasteiger partial charge in [-0.15, -0.1) is 30.4 Å². The number of rotatable bonds is 6. The van der Waals surface area contributed by atoms with Crippen LogP contribution >= 0.6 is 0 Å². The molecule has 6 heteroatoms. The fraction of sp³-hybridized carbons (Fsp3) is 0.326. The Balaban J connectivity index is 0.00000348. The molecule has 3 heterocycles. The average Bonchev–Trinajstić information content (AvgIpc) is 3.80. The van der Waals surface area contributed by atoms with Crippen LogP contribution in [0.2, 0.25) is 0 Å². The van der Waals surface area contributed by atoms with Gasteiger partial charge in [0.05, 0.1) is 0 Å². The number of hydrogen-bond acceptors (Lipinski definition) is 5. The molecule has 49 heavy (non-hydrogen) atoms. The maximum Gasteiger partial charge on any atom is 2.00 e. The zero-order valence-corrected chi connectivity index (χ0v) is 30.5. The maximum absolute atomic E-state index is 6.64. The van der Waals surface area contributed by atoms with Gasteiger partial charge < -0.3 is 19.5 Å². The SMILES string of the molecule is CC(C)N1[CH-]N(c2cc(C3CCCCC3)cc(Oc3[c-]c(-c4nccc5c4CC4(Cc6ccccc6C4)C5)ccc3)n2)c2ccccc21.[Pt+2]. The van der Waals surface area contributed by atoms with Crippen LogP contribution in [-0.4, -0.2) is 16.0 Å². The zero-order chi connectivity index (χ0) is 32.2. The fourth-order valence-corrected chi connectivity index (χ4v) is 8.84. The van der Waals surface area contributed by atoms with Gasteiger partial charge in [0.15, 0.2) is 0 Å². The molecule has 1 aliphatic heterocycles. The van der Waals surface area contributed by atoms with Gasteiger partial charge in [-0.25, -0.2) is 0 Å². The molecule has 9 rings (SSSR count). The summed E-state index contributed by atoms with van der Waals surface area (Å²) in [5.74, 6) is 2.69. The third-order valence-electron chi connectivity index (χ3n) is 11.1. The molecule has 5 aromatic rings. The van der Waals surface area contributed by atoms with Crippen molar-refractivity contribution >= 4 is 17.2 Å². The summed E-state index contributed by atoms with van der Waals surface area (Å²) in [6, 6.07) is 34.4. The van der Waals surface area contributed by atoms with Gasteiger partial charge in [0.2, 0.25) is 5.88 Å². The Morgan fingerprint density at radius 3 is 2.33 bits per heavy atom. The minimum Gasteiger partial charge on any atom is -0.499 e. The topological polar surface area (TPSA) is 41.5 Å². The van der Waals surface area contributed by atoms with E-state index in [9.17, 15) is 0 Å². The first-order chi connectivity index (χ1) is 23.5. The predicted molar refractivity (Wildman–Crippen MR) is 193 cm³/mol. The van der Waals surface area contributed by atoms with Crippen molar-refractivity contribution in [3.05, 3.63) is 132 Å². The first-order valence-corrected chi connectivity index (χ1v) is 17.8. The Labute approximate surface area is 305 Å². The first-order valence-electron chi connectivity index (χ1n) is 17.8. The van der Waals surface area contributed by atoms with Crippen LogP contribution in [0.15, 0.2) is 91.1 Å². The molecule has 0 amide bonds. The van der Waals surface area contributed by atoms with E-state index in [2.05, 4.69) is 115 Å². The second-order valence-electron chi connectivity index (χ2n) is 14.7. The number of anilines is 3. The molecule has 1 fully saturated rings. The number of hydrogen-bond donors (Lipinski definition) is 0. The van der Waals surface area contributed by atoms with Gasteiger partial charge in [-0.2, -0.15) is 4.98 Å². The van der Waals surface area contributed by atoms with Crippen LogP contribution in [0, 0.1) is 18.2 Å². The van der Waals surface area contributed by atoms with Crippen molar-refractivity contribution in [2.24, 2.45) is 5.41 Å². The quantitative estimate of drug-likeness (QED) is 0.160. The Hall–Kier alpha value is -3.95. The molecule has 0 saturated heterocycles. The predicted octanol–water partition coefficient (Wildman–Crippen LogP) is 10.2. The molecule has 3 aromatic carbocycles. The third-order valence-corrected chi connectivity index (χ3v) is 11.1. The van der Waals surface area contributed by atoms with E-state index in [1.54, 1.807) is 0 Å². The smallest absolute Gasteiger partial charge is 0.499 e. The Morgan fingerprint density at radius 2 is 1.55 bits per heavy atom. The monoisotopic (exact) mass is 825 g/mol. The van der Waals surface area contributed by atoms with Gasteiger partial charge in [0.1, 0.15) is 5.82 Å². The van der Waals surface area contributed by atoms with E-state index in [0.29, 0.717) is 23.6 Å². The number of benzene rings is 3. The minimum atomic E-state index is 0. The molecule has 1 saturated carbocycles. The van der Waals surface area contributed by atoms with Crippen LogP contribution in [-0.2, 0) is 46.7 Å². The Kier molecular flexibility index (Phi) is 8.60. The molecule has 0 radical (unpaired) electrons. The number of nitrogens with zero attached hydrogens (tertiary/aromatic N) is 4. The number of aromatic nitrogens is 2. The summed E-state index contributed by atoms with van der Waals surface area (Å²) >= 11 is 0. The summed E-state index contributed by atoms with van der Waals surface area (Å²) in [4.78, 5) is 14.6. The van der Waals surface area contributed by atoms with Crippen LogP contribution in [0.4, 0.5) is 17.2 Å². The van der Waals surface area contributed by atoms with E-state index in [0.717, 1.165) is 48.4 Å². The minimum absolute atomic E-state index is 0. The average molecular weight is 826 g/mol. The maximum atomic E-state index is 6.64. The van der Waals surface area contributed by atoms with E-state index in [1.807, 2.05) is 12.3 Å². The molecule has 250 valence electrons. The molecule has 5 nitrogen and oxygen atoms in total. The van der Waals surface area contributed by atoms with Crippen LogP contribution in [0.5, 0.6) is 11.6 Å². The molecule has 1 spiro atoms. The summed E-state index contributed by atoms with van der Waals surface area (Å²) < 4.78 is 6.64. The molecule has 2 aromatic heterocycles. The summed E-state index contributed by atoms with van der Waals surface area (Å²) in [5, 5.41) is 0. The van der Waals surface area contributed by atoms with Crippen molar-refractivity contribution in [1.29, 1.82) is 0 Å². The van der Waals surface area contributed by atoms with E-state index < -0.39 is 0 Å². The van der Waals surface area contributed by atoms with Crippen LogP contribution in [0.1, 0.15) is 79.7 Å². The standard InChI is InChI=1S/C43H42N4O.Pt/c1-29(2)46-28-47(39-18-9-8-17-38(39)46)40-22-35(30-11-4-3-5-12-30)23-41(45-40)48-36-16-10-15-31(21-36)42-37-27-43(26-34(37)19-20-44-42)24-32-13-6-7-14-33(32)25-43;/h6-10,13-20,22-23,28-30H,3-5,11-12,24-27H2,1-2H3;/q-2;+2. The molecular formula is C43H42N4OPt. The van der Waals surface area contributed by atoms with Crippen LogP contribution in [0.3, 0.4) is 0 Å². The third kappa shape index (κ3) is 5.99. The second kappa shape index (κ2) is 13.1. The van der Waals surface area contributed by atoms with E-state index >= 15 is 0 Å². The van der Waals surface area contributed by atoms with E-state index in [4.69, 9.17) is 14.7 Å². The molecule has 0 N–H and O–H groups in total. The van der Waals surface area contributed by atoms with Crippen LogP contribution in [0.25, 0.3) is 11.3 Å². The van der Waals surface area contributed by atoms with Gasteiger partial charge in [-0.1, -0.05) is 67.3 Å². The molecule has 0 bridgehead atoms. The number of ether oxygens (including phenoxy) is 1. The van der Waals surface area contributed by atoms with Crippen molar-refractivity contribution in [1.82, 2.24) is 9.97 Å². The van der Waals surface area contributed by atoms with Crippen molar-refractivity contribution in [2.45, 2.75) is 83.6 Å². The zero-order valence-electron chi connectivity index (χ0n) is 28.3. The summed E-state index contributed by atoms with van der Waals surface area (Å²) in [6.45, 7) is 6.64. The van der Waals surface area contributed by atoms with Gasteiger partial charge in [0.25, 0.3) is 0 Å². The molecule has 4 aliphatic rings.